The molecule has 0 spiro atoms. The van der Waals surface area contributed by atoms with Gasteiger partial charge in [0.25, 0.3) is 0 Å². The lowest BCUT2D eigenvalue weighted by Gasteiger charge is -2.16. The van der Waals surface area contributed by atoms with E-state index in [2.05, 4.69) is 54.5 Å². The summed E-state index contributed by atoms with van der Waals surface area (Å²) < 4.78 is 2.98. The number of unbranched alkanes of at least 4 members (excludes halogenated alkanes) is 1. The van der Waals surface area contributed by atoms with Crippen LogP contribution in [0.5, 0.6) is 0 Å². The molecule has 0 radical (unpaired) electrons. The molecule has 5 aromatic rings. The Morgan fingerprint density at radius 3 is 2.17 bits per heavy atom. The third-order valence-electron chi connectivity index (χ3n) is 6.58. The molecule has 0 N–H and O–H groups in total. The Morgan fingerprint density at radius 2 is 1.50 bits per heavy atom. The number of benzene rings is 3. The SMILES string of the molecule is CCCCc1nc(C)n2c(=O)n(C)nc2c1-c1ccccc1-c1ccc(-c2ccccc2C#N)cc1. The molecule has 0 bridgehead atoms. The number of rotatable bonds is 6. The Bertz CT molecular complexity index is 1670. The molecular formula is C30H27N5O. The van der Waals surface area contributed by atoms with Gasteiger partial charge < -0.3 is 0 Å². The topological polar surface area (TPSA) is 76.0 Å². The molecule has 0 unspecified atom stereocenters. The number of fused-ring (bicyclic) bond motifs is 1. The fourth-order valence-corrected chi connectivity index (χ4v) is 4.76. The van der Waals surface area contributed by atoms with Crippen LogP contribution in [0.2, 0.25) is 0 Å². The maximum absolute atomic E-state index is 12.8. The zero-order valence-electron chi connectivity index (χ0n) is 20.7. The minimum absolute atomic E-state index is 0.198. The molecule has 36 heavy (non-hydrogen) atoms. The van der Waals surface area contributed by atoms with E-state index in [1.54, 1.807) is 11.4 Å². The minimum atomic E-state index is -0.198. The summed E-state index contributed by atoms with van der Waals surface area (Å²) >= 11 is 0. The van der Waals surface area contributed by atoms with Crippen molar-refractivity contribution in [2.45, 2.75) is 33.1 Å². The largest absolute Gasteiger partial charge is 0.351 e. The highest BCUT2D eigenvalue weighted by molar-refractivity contribution is 5.91. The highest BCUT2D eigenvalue weighted by atomic mass is 16.2. The zero-order valence-corrected chi connectivity index (χ0v) is 20.7. The standard InChI is InChI=1S/C30H27N5O/c1-4-5-14-27-28(29-33-34(3)30(36)35(29)20(2)32-27)26-13-9-8-12-25(26)22-17-15-21(16-18-22)24-11-7-6-10-23(24)19-31/h6-13,15-18H,4-5,14H2,1-3H3. The van der Waals surface area contributed by atoms with Gasteiger partial charge in [0.2, 0.25) is 0 Å². The lowest BCUT2D eigenvalue weighted by Crippen LogP contribution is -2.20. The van der Waals surface area contributed by atoms with Gasteiger partial charge in [-0.3, -0.25) is 0 Å². The van der Waals surface area contributed by atoms with Crippen LogP contribution in [0.25, 0.3) is 39.0 Å². The Balaban J connectivity index is 1.70. The Hall–Kier alpha value is -4.50. The van der Waals surface area contributed by atoms with Gasteiger partial charge in [0.05, 0.1) is 17.3 Å². The van der Waals surface area contributed by atoms with E-state index < -0.39 is 0 Å². The van der Waals surface area contributed by atoms with E-state index >= 15 is 0 Å². The second kappa shape index (κ2) is 9.63. The van der Waals surface area contributed by atoms with Gasteiger partial charge in [-0.25, -0.2) is 18.9 Å². The van der Waals surface area contributed by atoms with Gasteiger partial charge >= 0.3 is 5.69 Å². The lowest BCUT2D eigenvalue weighted by molar-refractivity contribution is 0.726. The number of hydrogen-bond donors (Lipinski definition) is 0. The van der Waals surface area contributed by atoms with Crippen molar-refractivity contribution in [2.24, 2.45) is 7.05 Å². The molecule has 0 atom stereocenters. The minimum Gasteiger partial charge on any atom is -0.246 e. The molecule has 0 amide bonds. The van der Waals surface area contributed by atoms with Crippen LogP contribution in [0.3, 0.4) is 0 Å². The van der Waals surface area contributed by atoms with Crippen LogP contribution >= 0.6 is 0 Å². The first-order chi connectivity index (χ1) is 17.5. The molecular weight excluding hydrogens is 446 g/mol. The van der Waals surface area contributed by atoms with E-state index in [4.69, 9.17) is 4.98 Å². The molecule has 178 valence electrons. The number of aryl methyl sites for hydroxylation is 3. The van der Waals surface area contributed by atoms with Gasteiger partial charge in [-0.05, 0) is 53.6 Å². The maximum Gasteiger partial charge on any atom is 0.351 e. The summed E-state index contributed by atoms with van der Waals surface area (Å²) in [5.41, 5.74) is 7.94. The normalized spacial score (nSPS) is 11.1. The molecule has 0 fully saturated rings. The first-order valence-electron chi connectivity index (χ1n) is 12.2. The molecule has 3 aromatic carbocycles. The third kappa shape index (κ3) is 3.99. The fourth-order valence-electron chi connectivity index (χ4n) is 4.76. The van der Waals surface area contributed by atoms with Gasteiger partial charge in [-0.2, -0.15) is 5.26 Å². The molecule has 0 saturated carbocycles. The predicted octanol–water partition coefficient (Wildman–Crippen LogP) is 5.95. The van der Waals surface area contributed by atoms with E-state index in [0.717, 1.165) is 58.3 Å². The Labute approximate surface area is 210 Å². The fraction of sp³-hybridized carbons (Fsp3) is 0.200. The van der Waals surface area contributed by atoms with Gasteiger partial charge in [-0.1, -0.05) is 80.1 Å². The van der Waals surface area contributed by atoms with Crippen LogP contribution in [0.4, 0.5) is 0 Å². The Kier molecular flexibility index (Phi) is 6.22. The number of nitrogens with zero attached hydrogens (tertiary/aromatic N) is 5. The highest BCUT2D eigenvalue weighted by Crippen LogP contribution is 2.37. The van der Waals surface area contributed by atoms with Gasteiger partial charge in [0.15, 0.2) is 5.65 Å². The monoisotopic (exact) mass is 473 g/mol. The van der Waals surface area contributed by atoms with Gasteiger partial charge in [0.1, 0.15) is 5.82 Å². The predicted molar refractivity (Wildman–Crippen MR) is 143 cm³/mol. The quantitative estimate of drug-likeness (QED) is 0.305. The summed E-state index contributed by atoms with van der Waals surface area (Å²) in [5.74, 6) is 0.649. The second-order valence-electron chi connectivity index (χ2n) is 8.93. The molecule has 0 aliphatic rings. The van der Waals surface area contributed by atoms with E-state index in [9.17, 15) is 10.1 Å². The van der Waals surface area contributed by atoms with Gasteiger partial charge in [0, 0.05) is 12.6 Å². The van der Waals surface area contributed by atoms with Crippen molar-refractivity contribution in [3.63, 3.8) is 0 Å². The Morgan fingerprint density at radius 1 is 0.889 bits per heavy atom. The van der Waals surface area contributed by atoms with Crippen LogP contribution in [0.15, 0.2) is 77.6 Å². The second-order valence-corrected chi connectivity index (χ2v) is 8.93. The molecule has 0 aliphatic heterocycles. The number of nitriles is 1. The molecule has 0 aliphatic carbocycles. The van der Waals surface area contributed by atoms with Crippen LogP contribution < -0.4 is 5.69 Å². The molecule has 5 rings (SSSR count). The van der Waals surface area contributed by atoms with Crippen molar-refractivity contribution in [3.05, 3.63) is 100 Å². The van der Waals surface area contributed by atoms with Crippen molar-refractivity contribution in [2.75, 3.05) is 0 Å². The van der Waals surface area contributed by atoms with Crippen LogP contribution in [-0.2, 0) is 13.5 Å². The van der Waals surface area contributed by atoms with Crippen molar-refractivity contribution in [3.8, 4) is 39.4 Å². The highest BCUT2D eigenvalue weighted by Gasteiger charge is 2.21. The number of hydrogen-bond acceptors (Lipinski definition) is 4. The van der Waals surface area contributed by atoms with E-state index in [0.29, 0.717) is 17.0 Å². The first kappa shape index (κ1) is 23.3. The summed E-state index contributed by atoms with van der Waals surface area (Å²) in [6.45, 7) is 4.02. The van der Waals surface area contributed by atoms with Crippen LogP contribution in [0, 0.1) is 18.3 Å². The van der Waals surface area contributed by atoms with E-state index in [-0.39, 0.29) is 5.69 Å². The molecule has 6 nitrogen and oxygen atoms in total. The zero-order chi connectivity index (χ0) is 25.2. The lowest BCUT2D eigenvalue weighted by atomic mass is 9.91. The summed E-state index contributed by atoms with van der Waals surface area (Å²) in [4.78, 5) is 17.7. The molecule has 0 saturated heterocycles. The average Bonchev–Trinajstić information content (AvgIpc) is 3.21. The van der Waals surface area contributed by atoms with Crippen molar-refractivity contribution in [1.29, 1.82) is 5.26 Å². The smallest absolute Gasteiger partial charge is 0.246 e. The van der Waals surface area contributed by atoms with Crippen molar-refractivity contribution in [1.82, 2.24) is 19.2 Å². The van der Waals surface area contributed by atoms with Crippen molar-refractivity contribution < 1.29 is 0 Å². The van der Waals surface area contributed by atoms with E-state index in [1.165, 1.54) is 4.68 Å². The van der Waals surface area contributed by atoms with Crippen LogP contribution in [-0.4, -0.2) is 19.2 Å². The molecule has 2 heterocycles. The van der Waals surface area contributed by atoms with Crippen LogP contribution in [0.1, 0.15) is 36.8 Å². The first-order valence-corrected chi connectivity index (χ1v) is 12.2. The maximum atomic E-state index is 12.8. The van der Waals surface area contributed by atoms with E-state index in [1.807, 2.05) is 43.3 Å². The van der Waals surface area contributed by atoms with Gasteiger partial charge in [-0.15, -0.1) is 5.10 Å². The summed E-state index contributed by atoms with van der Waals surface area (Å²) in [6, 6.07) is 26.4. The summed E-state index contributed by atoms with van der Waals surface area (Å²) in [7, 11) is 1.67. The molecule has 2 aromatic heterocycles. The summed E-state index contributed by atoms with van der Waals surface area (Å²) in [5, 5.41) is 14.1. The summed E-state index contributed by atoms with van der Waals surface area (Å²) in [6.07, 6.45) is 2.86. The molecule has 6 heteroatoms. The average molecular weight is 474 g/mol. The number of aromatic nitrogens is 4. The third-order valence-corrected chi connectivity index (χ3v) is 6.58. The van der Waals surface area contributed by atoms with Crippen molar-refractivity contribution >= 4 is 5.65 Å².